The molecule has 0 saturated carbocycles. The van der Waals surface area contributed by atoms with Crippen molar-refractivity contribution >= 4 is 30.2 Å². The zero-order valence-corrected chi connectivity index (χ0v) is 31.7. The highest BCUT2D eigenvalue weighted by Crippen LogP contribution is 2.11. The summed E-state index contributed by atoms with van der Waals surface area (Å²) in [7, 11) is 0. The quantitative estimate of drug-likeness (QED) is 0.0620. The molecule has 0 spiro atoms. The Morgan fingerprint density at radius 2 is 1.24 bits per heavy atom. The molecule has 0 unspecified atom stereocenters. The molecule has 5 heteroatoms. The fourth-order valence-electron chi connectivity index (χ4n) is 3.20. The van der Waals surface area contributed by atoms with Crippen LogP contribution < -0.4 is 0 Å². The maximum absolute atomic E-state index is 10.5. The number of ether oxygens (including phenoxy) is 1. The third kappa shape index (κ3) is 45.9. The van der Waals surface area contributed by atoms with Crippen LogP contribution in [0, 0.1) is 11.3 Å². The van der Waals surface area contributed by atoms with E-state index in [1.165, 1.54) is 70.6 Å². The van der Waals surface area contributed by atoms with Gasteiger partial charge in [-0.1, -0.05) is 166 Å². The lowest BCUT2D eigenvalue weighted by Gasteiger charge is -2.11. The largest absolute Gasteiger partial charge is 0.477 e. The third-order valence-corrected chi connectivity index (χ3v) is 6.90. The summed E-state index contributed by atoms with van der Waals surface area (Å²) in [6, 6.07) is 0. The lowest BCUT2D eigenvalue weighted by molar-refractivity contribution is -0.117. The number of nitrogens with one attached hydrogen (secondary N) is 1. The zero-order valence-electron chi connectivity index (χ0n) is 30.8. The number of nitrogens with zero attached hydrogens (tertiary/aromatic N) is 1. The van der Waals surface area contributed by atoms with E-state index in [4.69, 9.17) is 10.1 Å². The Morgan fingerprint density at radius 1 is 0.762 bits per heavy atom. The Kier molecular flexibility index (Phi) is 56.4. The minimum absolute atomic E-state index is 0.149. The van der Waals surface area contributed by atoms with E-state index in [2.05, 4.69) is 85.6 Å². The van der Waals surface area contributed by atoms with Gasteiger partial charge in [0.2, 0.25) is 5.90 Å². The van der Waals surface area contributed by atoms with E-state index >= 15 is 0 Å². The molecule has 0 atom stereocenters. The van der Waals surface area contributed by atoms with Crippen LogP contribution in [0.1, 0.15) is 199 Å². The van der Waals surface area contributed by atoms with Gasteiger partial charge < -0.3 is 9.53 Å². The highest BCUT2D eigenvalue weighted by atomic mass is 32.1. The average Bonchev–Trinajstić information content (AvgIpc) is 3.01. The molecule has 0 aromatic heterocycles. The summed E-state index contributed by atoms with van der Waals surface area (Å²) in [5.41, 5.74) is 1.63. The molecule has 0 aliphatic heterocycles. The van der Waals surface area contributed by atoms with E-state index in [-0.39, 0.29) is 5.90 Å². The SMILES string of the molecule is CC.CCC(C)CC.CCC/C=C(CC)/C(=N/S)C(=N)OCCCCCC.CCCC.CCCCCCCCC(C)=O. The molecular weight excluding hydrogens is 536 g/mol. The molecule has 0 aromatic carbocycles. The predicted octanol–water partition coefficient (Wildman–Crippen LogP) is 13.6. The Morgan fingerprint density at radius 3 is 1.60 bits per heavy atom. The van der Waals surface area contributed by atoms with Crippen molar-refractivity contribution in [3.05, 3.63) is 11.6 Å². The van der Waals surface area contributed by atoms with E-state index in [9.17, 15) is 4.79 Å². The number of Topliss-reactive ketones (excluding diaryl/α,β-unsaturated/α-hetero) is 1. The highest BCUT2D eigenvalue weighted by molar-refractivity contribution is 7.79. The van der Waals surface area contributed by atoms with E-state index in [0.29, 0.717) is 18.1 Å². The van der Waals surface area contributed by atoms with Gasteiger partial charge in [0.1, 0.15) is 11.5 Å². The minimum atomic E-state index is 0.149. The number of thiol groups is 1. The van der Waals surface area contributed by atoms with Crippen LogP contribution in [0.2, 0.25) is 0 Å². The molecule has 0 fully saturated rings. The number of ketones is 1. The van der Waals surface area contributed by atoms with E-state index in [1.807, 2.05) is 13.8 Å². The molecule has 0 aromatic rings. The summed E-state index contributed by atoms with van der Waals surface area (Å²) in [6.45, 7) is 26.0. The standard InChI is InChI=1S/C15H28N2OS.C10H20O.C6H14.C4H10.C2H6/c1-4-7-9-10-12-18-15(16)14(17-19)13(6-3)11-8-5-2;1-3-4-5-6-7-8-9-10(2)11;1-4-6(3)5-2;1-3-4-2;1-2/h11,16,19H,4-10,12H2,1-3H3;3-9H2,1-2H3;6H,4-5H2,1-3H3;3-4H2,1-2H3;1-2H3/b13-11+,16-15?,17-14-;;;;. The van der Waals surface area contributed by atoms with Gasteiger partial charge in [-0.05, 0) is 56.9 Å². The summed E-state index contributed by atoms with van der Waals surface area (Å²) in [4.78, 5) is 10.5. The summed E-state index contributed by atoms with van der Waals surface area (Å²) < 4.78 is 9.39. The van der Waals surface area contributed by atoms with Gasteiger partial charge in [-0.25, -0.2) is 4.40 Å². The van der Waals surface area contributed by atoms with Crippen LogP contribution >= 0.6 is 12.8 Å². The predicted molar refractivity (Wildman–Crippen MR) is 198 cm³/mol. The highest BCUT2D eigenvalue weighted by Gasteiger charge is 2.12. The first-order valence-electron chi connectivity index (χ1n) is 17.8. The van der Waals surface area contributed by atoms with Gasteiger partial charge in [-0.3, -0.25) is 5.41 Å². The van der Waals surface area contributed by atoms with Gasteiger partial charge >= 0.3 is 0 Å². The molecule has 254 valence electrons. The number of carbonyl (C=O) groups excluding carboxylic acids is 1. The van der Waals surface area contributed by atoms with Gasteiger partial charge in [0.15, 0.2) is 0 Å². The molecule has 0 bridgehead atoms. The summed E-state index contributed by atoms with van der Waals surface area (Å²) in [5, 5.41) is 7.95. The molecular formula is C37H78N2O2S. The normalized spacial score (nSPS) is 10.6. The number of rotatable bonds is 20. The lowest BCUT2D eigenvalue weighted by atomic mass is 10.1. The average molecular weight is 615 g/mol. The van der Waals surface area contributed by atoms with Crippen LogP contribution in [0.25, 0.3) is 0 Å². The summed E-state index contributed by atoms with van der Waals surface area (Å²) >= 11 is 3.98. The minimum Gasteiger partial charge on any atom is -0.477 e. The molecule has 42 heavy (non-hydrogen) atoms. The molecule has 0 rings (SSSR count). The van der Waals surface area contributed by atoms with Crippen LogP contribution in [0.3, 0.4) is 0 Å². The first kappa shape index (κ1) is 50.5. The van der Waals surface area contributed by atoms with Gasteiger partial charge in [0.25, 0.3) is 0 Å². The monoisotopic (exact) mass is 615 g/mol. The van der Waals surface area contributed by atoms with E-state index in [0.717, 1.165) is 56.4 Å². The van der Waals surface area contributed by atoms with Crippen molar-refractivity contribution in [3.63, 3.8) is 0 Å². The number of unbranched alkanes of at least 4 members (excludes halogenated alkanes) is 10. The van der Waals surface area contributed by atoms with Crippen molar-refractivity contribution in [1.29, 1.82) is 5.41 Å². The molecule has 0 aliphatic rings. The fourth-order valence-corrected chi connectivity index (χ4v) is 3.42. The van der Waals surface area contributed by atoms with Crippen LogP contribution in [-0.2, 0) is 9.53 Å². The number of carbonyl (C=O) groups is 1. The van der Waals surface area contributed by atoms with Gasteiger partial charge in [-0.15, -0.1) is 0 Å². The zero-order chi connectivity index (χ0) is 33.4. The van der Waals surface area contributed by atoms with Crippen molar-refractivity contribution < 1.29 is 9.53 Å². The second kappa shape index (κ2) is 46.8. The van der Waals surface area contributed by atoms with Crippen LogP contribution in [-0.4, -0.2) is 24.0 Å². The van der Waals surface area contributed by atoms with Gasteiger partial charge in [0, 0.05) is 6.42 Å². The number of hydrogen-bond acceptors (Lipinski definition) is 5. The van der Waals surface area contributed by atoms with Crippen LogP contribution in [0.4, 0.5) is 0 Å². The number of allylic oxidation sites excluding steroid dienone is 1. The van der Waals surface area contributed by atoms with Crippen molar-refractivity contribution in [2.24, 2.45) is 10.3 Å². The van der Waals surface area contributed by atoms with Gasteiger partial charge in [-0.2, -0.15) is 0 Å². The Labute approximate surface area is 271 Å². The van der Waals surface area contributed by atoms with Crippen molar-refractivity contribution in [2.75, 3.05) is 6.61 Å². The molecule has 0 aliphatic carbocycles. The summed E-state index contributed by atoms with van der Waals surface area (Å²) in [5.74, 6) is 1.42. The summed E-state index contributed by atoms with van der Waals surface area (Å²) in [6.07, 6.45) is 23.4. The second-order valence-corrected chi connectivity index (χ2v) is 10.9. The maximum Gasteiger partial charge on any atom is 0.233 e. The molecule has 4 nitrogen and oxygen atoms in total. The topological polar surface area (TPSA) is 62.5 Å². The van der Waals surface area contributed by atoms with Crippen LogP contribution in [0.5, 0.6) is 0 Å². The van der Waals surface area contributed by atoms with Gasteiger partial charge in [0.05, 0.1) is 6.61 Å². The first-order chi connectivity index (χ1) is 20.2. The molecule has 1 N–H and O–H groups in total. The Balaban J connectivity index is -0.000000166. The van der Waals surface area contributed by atoms with E-state index < -0.39 is 0 Å². The van der Waals surface area contributed by atoms with E-state index in [1.54, 1.807) is 6.92 Å². The molecule has 0 saturated heterocycles. The Bertz CT molecular complexity index is 582. The smallest absolute Gasteiger partial charge is 0.233 e. The van der Waals surface area contributed by atoms with Crippen LogP contribution in [0.15, 0.2) is 16.0 Å². The second-order valence-electron chi connectivity index (χ2n) is 10.7. The maximum atomic E-state index is 10.5. The van der Waals surface area contributed by atoms with Crippen molar-refractivity contribution in [3.8, 4) is 0 Å². The molecule has 0 radical (unpaired) electrons. The Hall–Kier alpha value is -1.10. The molecule has 0 heterocycles. The fraction of sp³-hybridized carbons (Fsp3) is 0.865. The first-order valence-corrected chi connectivity index (χ1v) is 18.2. The third-order valence-electron chi connectivity index (χ3n) is 6.70. The molecule has 0 amide bonds. The number of hydrogen-bond donors (Lipinski definition) is 2. The lowest BCUT2D eigenvalue weighted by Crippen LogP contribution is -2.19. The van der Waals surface area contributed by atoms with Crippen molar-refractivity contribution in [2.45, 2.75) is 199 Å². The van der Waals surface area contributed by atoms with Crippen molar-refractivity contribution in [1.82, 2.24) is 0 Å².